The van der Waals surface area contributed by atoms with Gasteiger partial charge in [0.1, 0.15) is 12.0 Å². The lowest BCUT2D eigenvalue weighted by Crippen LogP contribution is -2.08. The van der Waals surface area contributed by atoms with Gasteiger partial charge in [-0.3, -0.25) is 0 Å². The van der Waals surface area contributed by atoms with Crippen molar-refractivity contribution in [1.82, 2.24) is 19.7 Å². The summed E-state index contributed by atoms with van der Waals surface area (Å²) < 4.78 is 1.66. The molecule has 1 aliphatic carbocycles. The van der Waals surface area contributed by atoms with Crippen LogP contribution in [0.3, 0.4) is 0 Å². The minimum absolute atomic E-state index is 0.161. The Morgan fingerprint density at radius 1 is 1.22 bits per heavy atom. The first kappa shape index (κ1) is 10.9. The van der Waals surface area contributed by atoms with Crippen molar-refractivity contribution in [2.45, 2.75) is 25.7 Å². The highest BCUT2D eigenvalue weighted by Gasteiger charge is 2.25. The van der Waals surface area contributed by atoms with E-state index < -0.39 is 5.97 Å². The van der Waals surface area contributed by atoms with E-state index >= 15 is 0 Å². The number of hydrogen-bond donors (Lipinski definition) is 1. The summed E-state index contributed by atoms with van der Waals surface area (Å²) in [6.07, 6.45) is 8.43. The van der Waals surface area contributed by atoms with Crippen LogP contribution in [-0.2, 0) is 12.8 Å². The van der Waals surface area contributed by atoms with Crippen LogP contribution in [0.15, 0.2) is 18.7 Å². The smallest absolute Gasteiger partial charge is 0.356 e. The van der Waals surface area contributed by atoms with Gasteiger partial charge in [-0.05, 0) is 25.7 Å². The van der Waals surface area contributed by atoms with E-state index in [9.17, 15) is 9.90 Å². The molecule has 0 saturated heterocycles. The van der Waals surface area contributed by atoms with Gasteiger partial charge in [0.15, 0.2) is 5.69 Å². The number of aromatic nitrogens is 4. The van der Waals surface area contributed by atoms with Crippen LogP contribution in [0, 0.1) is 0 Å². The Hall–Kier alpha value is -2.24. The van der Waals surface area contributed by atoms with Crippen molar-refractivity contribution in [2.75, 3.05) is 0 Å². The van der Waals surface area contributed by atoms with E-state index in [1.54, 1.807) is 17.1 Å². The first-order valence-corrected chi connectivity index (χ1v) is 5.87. The average molecular weight is 244 g/mol. The van der Waals surface area contributed by atoms with Crippen molar-refractivity contribution >= 4 is 5.97 Å². The molecule has 6 nitrogen and oxygen atoms in total. The molecule has 0 fully saturated rings. The summed E-state index contributed by atoms with van der Waals surface area (Å²) >= 11 is 0. The Morgan fingerprint density at radius 3 is 2.67 bits per heavy atom. The Morgan fingerprint density at radius 2 is 1.94 bits per heavy atom. The number of fused-ring (bicyclic) bond motifs is 1. The van der Waals surface area contributed by atoms with Crippen molar-refractivity contribution in [3.8, 4) is 5.69 Å². The van der Waals surface area contributed by atoms with Crippen LogP contribution in [0.5, 0.6) is 0 Å². The molecule has 0 aliphatic heterocycles. The van der Waals surface area contributed by atoms with Crippen molar-refractivity contribution in [2.24, 2.45) is 0 Å². The Balaban J connectivity index is 2.18. The number of carboxylic acid groups (broad SMARTS) is 1. The fourth-order valence-electron chi connectivity index (χ4n) is 2.38. The summed E-state index contributed by atoms with van der Waals surface area (Å²) in [4.78, 5) is 19.1. The summed E-state index contributed by atoms with van der Waals surface area (Å²) in [6, 6.07) is 0. The van der Waals surface area contributed by atoms with Crippen LogP contribution in [-0.4, -0.2) is 30.8 Å². The molecule has 2 heterocycles. The summed E-state index contributed by atoms with van der Waals surface area (Å²) in [6.45, 7) is 0. The highest BCUT2D eigenvalue weighted by atomic mass is 16.4. The van der Waals surface area contributed by atoms with Crippen LogP contribution in [0.2, 0.25) is 0 Å². The van der Waals surface area contributed by atoms with Crippen LogP contribution in [0.1, 0.15) is 34.6 Å². The molecule has 0 bridgehead atoms. The second-order valence-corrected chi connectivity index (χ2v) is 4.29. The molecule has 0 aromatic carbocycles. The largest absolute Gasteiger partial charge is 0.476 e. The highest BCUT2D eigenvalue weighted by molar-refractivity contribution is 5.87. The van der Waals surface area contributed by atoms with Gasteiger partial charge in [-0.25, -0.2) is 19.4 Å². The zero-order valence-electron chi connectivity index (χ0n) is 9.70. The van der Waals surface area contributed by atoms with E-state index in [-0.39, 0.29) is 5.69 Å². The summed E-state index contributed by atoms with van der Waals surface area (Å²) in [5, 5.41) is 13.4. The first-order chi connectivity index (χ1) is 8.77. The summed E-state index contributed by atoms with van der Waals surface area (Å²) in [5.74, 6) is -0.969. The lowest BCUT2D eigenvalue weighted by Gasteiger charge is -2.13. The predicted molar refractivity (Wildman–Crippen MR) is 62.8 cm³/mol. The van der Waals surface area contributed by atoms with Gasteiger partial charge in [0, 0.05) is 11.3 Å². The van der Waals surface area contributed by atoms with Crippen LogP contribution in [0.25, 0.3) is 5.69 Å². The summed E-state index contributed by atoms with van der Waals surface area (Å²) in [7, 11) is 0. The molecule has 2 aromatic rings. The lowest BCUT2D eigenvalue weighted by atomic mass is 9.95. The molecule has 3 rings (SSSR count). The number of carbonyl (C=O) groups is 1. The van der Waals surface area contributed by atoms with Gasteiger partial charge in [0.2, 0.25) is 0 Å². The van der Waals surface area contributed by atoms with E-state index in [0.717, 1.165) is 36.9 Å². The predicted octanol–water partition coefficient (Wildman–Crippen LogP) is 1.24. The average Bonchev–Trinajstić information content (AvgIpc) is 2.79. The van der Waals surface area contributed by atoms with Crippen LogP contribution >= 0.6 is 0 Å². The standard InChI is InChI=1S/C12H12N4O2/c17-12(18)11-9-3-1-2-4-10(9)16(15-11)8-5-13-7-14-6-8/h5-7H,1-4H2,(H,17,18). The van der Waals surface area contributed by atoms with Crippen molar-refractivity contribution in [1.29, 1.82) is 0 Å². The van der Waals surface area contributed by atoms with Gasteiger partial charge in [0.25, 0.3) is 0 Å². The second kappa shape index (κ2) is 4.21. The molecule has 0 radical (unpaired) electrons. The maximum absolute atomic E-state index is 11.2. The molecule has 92 valence electrons. The molecular weight excluding hydrogens is 232 g/mol. The fourth-order valence-corrected chi connectivity index (χ4v) is 2.38. The monoisotopic (exact) mass is 244 g/mol. The first-order valence-electron chi connectivity index (χ1n) is 5.87. The molecule has 1 aliphatic rings. The third kappa shape index (κ3) is 1.66. The number of hydrogen-bond acceptors (Lipinski definition) is 4. The topological polar surface area (TPSA) is 80.9 Å². The second-order valence-electron chi connectivity index (χ2n) is 4.29. The van der Waals surface area contributed by atoms with E-state index in [1.165, 1.54) is 6.33 Å². The molecule has 0 amide bonds. The van der Waals surface area contributed by atoms with Gasteiger partial charge >= 0.3 is 5.97 Å². The van der Waals surface area contributed by atoms with Gasteiger partial charge in [0.05, 0.1) is 12.4 Å². The Kier molecular flexibility index (Phi) is 2.55. The van der Waals surface area contributed by atoms with Gasteiger partial charge < -0.3 is 5.11 Å². The number of carboxylic acids is 1. The zero-order chi connectivity index (χ0) is 12.5. The van der Waals surface area contributed by atoms with E-state index in [1.807, 2.05) is 0 Å². The fraction of sp³-hybridized carbons (Fsp3) is 0.333. The maximum Gasteiger partial charge on any atom is 0.356 e. The minimum atomic E-state index is -0.969. The summed E-state index contributed by atoms with van der Waals surface area (Å²) in [5.41, 5.74) is 2.71. The number of nitrogens with zero attached hydrogens (tertiary/aromatic N) is 4. The van der Waals surface area contributed by atoms with Gasteiger partial charge in [-0.2, -0.15) is 5.10 Å². The molecule has 2 aromatic heterocycles. The minimum Gasteiger partial charge on any atom is -0.476 e. The van der Waals surface area contributed by atoms with Gasteiger partial charge in [-0.15, -0.1) is 0 Å². The zero-order valence-corrected chi connectivity index (χ0v) is 9.70. The van der Waals surface area contributed by atoms with E-state index in [4.69, 9.17) is 0 Å². The molecular formula is C12H12N4O2. The normalized spacial score (nSPS) is 14.2. The third-order valence-electron chi connectivity index (χ3n) is 3.17. The maximum atomic E-state index is 11.2. The molecule has 18 heavy (non-hydrogen) atoms. The highest BCUT2D eigenvalue weighted by Crippen LogP contribution is 2.26. The van der Waals surface area contributed by atoms with Crippen LogP contribution in [0.4, 0.5) is 0 Å². The quantitative estimate of drug-likeness (QED) is 0.859. The number of aromatic carboxylic acids is 1. The van der Waals surface area contributed by atoms with Gasteiger partial charge in [-0.1, -0.05) is 0 Å². The number of rotatable bonds is 2. The van der Waals surface area contributed by atoms with Crippen molar-refractivity contribution < 1.29 is 9.90 Å². The van der Waals surface area contributed by atoms with E-state index in [0.29, 0.717) is 5.69 Å². The molecule has 0 saturated carbocycles. The van der Waals surface area contributed by atoms with E-state index in [2.05, 4.69) is 15.1 Å². The molecule has 6 heteroatoms. The molecule has 0 atom stereocenters. The van der Waals surface area contributed by atoms with Crippen LogP contribution < -0.4 is 0 Å². The lowest BCUT2D eigenvalue weighted by molar-refractivity contribution is 0.0688. The van der Waals surface area contributed by atoms with Crippen molar-refractivity contribution in [3.05, 3.63) is 35.7 Å². The Bertz CT molecular complexity index is 592. The molecule has 0 unspecified atom stereocenters. The molecule has 0 spiro atoms. The Labute approximate surface area is 103 Å². The third-order valence-corrected chi connectivity index (χ3v) is 3.17. The SMILES string of the molecule is O=C(O)c1nn(-c2cncnc2)c2c1CCCC2. The molecule has 1 N–H and O–H groups in total. The van der Waals surface area contributed by atoms with Crippen molar-refractivity contribution in [3.63, 3.8) is 0 Å².